The topological polar surface area (TPSA) is 69.2 Å². The number of aliphatic carboxylic acids is 1. The molecule has 66 valence electrons. The van der Waals surface area contributed by atoms with Crippen molar-refractivity contribution < 1.29 is 14.7 Å². The molecule has 1 amide bonds. The van der Waals surface area contributed by atoms with Crippen molar-refractivity contribution in [3.05, 3.63) is 10.6 Å². The third-order valence-electron chi connectivity index (χ3n) is 1.47. The third kappa shape index (κ3) is 1.79. The number of amides is 1. The second kappa shape index (κ2) is 3.62. The lowest BCUT2D eigenvalue weighted by atomic mass is 10.2. The number of nitrogens with one attached hydrogen (secondary N) is 1. The maximum atomic E-state index is 10.7. The van der Waals surface area contributed by atoms with E-state index >= 15 is 0 Å². The normalized spacial score (nSPS) is 20.6. The first-order valence-corrected chi connectivity index (χ1v) is 4.50. The summed E-state index contributed by atoms with van der Waals surface area (Å²) in [5, 5.41) is 13.4. The minimum atomic E-state index is -1.21. The number of carbonyl (C=O) groups excluding carboxylic acids is 2. The maximum Gasteiger partial charge on any atom is 0.235 e. The summed E-state index contributed by atoms with van der Waals surface area (Å²) in [7, 11) is 0. The second-order valence-electron chi connectivity index (χ2n) is 2.29. The van der Waals surface area contributed by atoms with Crippen molar-refractivity contribution in [3.63, 3.8) is 0 Å². The SMILES string of the molecule is CCC(C(=O)[O-])=C1NC(=O)CS1. The Balaban J connectivity index is 2.87. The van der Waals surface area contributed by atoms with Crippen LogP contribution in [0, 0.1) is 0 Å². The Morgan fingerprint density at radius 2 is 2.42 bits per heavy atom. The molecule has 1 heterocycles. The van der Waals surface area contributed by atoms with Crippen molar-refractivity contribution in [2.75, 3.05) is 5.75 Å². The summed E-state index contributed by atoms with van der Waals surface area (Å²) in [6.45, 7) is 1.71. The van der Waals surface area contributed by atoms with Crippen LogP contribution in [0.3, 0.4) is 0 Å². The molecule has 1 rings (SSSR count). The molecule has 4 nitrogen and oxygen atoms in total. The molecule has 0 unspecified atom stereocenters. The van der Waals surface area contributed by atoms with Gasteiger partial charge in [0.15, 0.2) is 0 Å². The predicted octanol–water partition coefficient (Wildman–Crippen LogP) is -0.779. The minimum Gasteiger partial charge on any atom is -0.545 e. The molecule has 5 heteroatoms. The molecule has 0 aromatic heterocycles. The number of carboxylic acid groups (broad SMARTS) is 1. The molecule has 1 saturated heterocycles. The van der Waals surface area contributed by atoms with Crippen molar-refractivity contribution in [1.82, 2.24) is 5.32 Å². The zero-order valence-corrected chi connectivity index (χ0v) is 7.36. The van der Waals surface area contributed by atoms with Gasteiger partial charge in [-0.05, 0) is 6.42 Å². The molecular weight excluding hydrogens is 178 g/mol. The van der Waals surface area contributed by atoms with E-state index in [1.807, 2.05) is 0 Å². The fourth-order valence-corrected chi connectivity index (χ4v) is 1.83. The summed E-state index contributed by atoms with van der Waals surface area (Å²) >= 11 is 1.21. The molecule has 1 aliphatic rings. The average Bonchev–Trinajstić information content (AvgIpc) is 2.37. The molecule has 0 aliphatic carbocycles. The second-order valence-corrected chi connectivity index (χ2v) is 3.27. The first-order valence-electron chi connectivity index (χ1n) is 3.52. The van der Waals surface area contributed by atoms with Crippen LogP contribution in [0.2, 0.25) is 0 Å². The van der Waals surface area contributed by atoms with Gasteiger partial charge in [-0.2, -0.15) is 0 Å². The first kappa shape index (κ1) is 9.12. The van der Waals surface area contributed by atoms with E-state index in [0.29, 0.717) is 17.2 Å². The monoisotopic (exact) mass is 186 g/mol. The molecule has 0 bridgehead atoms. The molecule has 12 heavy (non-hydrogen) atoms. The number of thioether (sulfide) groups is 1. The minimum absolute atomic E-state index is 0.151. The number of carbonyl (C=O) groups is 2. The van der Waals surface area contributed by atoms with Crippen molar-refractivity contribution >= 4 is 23.6 Å². The molecule has 0 saturated carbocycles. The van der Waals surface area contributed by atoms with E-state index in [0.717, 1.165) is 0 Å². The fourth-order valence-electron chi connectivity index (χ4n) is 0.897. The Hall–Kier alpha value is -0.970. The number of rotatable bonds is 2. The van der Waals surface area contributed by atoms with E-state index in [1.54, 1.807) is 6.92 Å². The highest BCUT2D eigenvalue weighted by atomic mass is 32.2. The Labute approximate surface area is 74.0 Å². The molecule has 0 spiro atoms. The van der Waals surface area contributed by atoms with Gasteiger partial charge in [0.1, 0.15) is 0 Å². The fraction of sp³-hybridized carbons (Fsp3) is 0.429. The summed E-state index contributed by atoms with van der Waals surface area (Å²) in [5.74, 6) is -1.06. The van der Waals surface area contributed by atoms with Crippen LogP contribution in [0.4, 0.5) is 0 Å². The van der Waals surface area contributed by atoms with Crippen molar-refractivity contribution in [1.29, 1.82) is 0 Å². The summed E-state index contributed by atoms with van der Waals surface area (Å²) in [4.78, 5) is 21.2. The Morgan fingerprint density at radius 3 is 2.75 bits per heavy atom. The number of hydrogen-bond acceptors (Lipinski definition) is 4. The van der Waals surface area contributed by atoms with Crippen LogP contribution >= 0.6 is 11.8 Å². The Bertz CT molecular complexity index is 259. The molecule has 1 N–H and O–H groups in total. The van der Waals surface area contributed by atoms with Crippen molar-refractivity contribution in [2.24, 2.45) is 0 Å². The highest BCUT2D eigenvalue weighted by molar-refractivity contribution is 8.04. The summed E-state index contributed by atoms with van der Waals surface area (Å²) in [6.07, 6.45) is 0.366. The zero-order chi connectivity index (χ0) is 9.14. The van der Waals surface area contributed by atoms with Crippen LogP contribution in [0.5, 0.6) is 0 Å². The third-order valence-corrected chi connectivity index (χ3v) is 2.52. The molecule has 0 atom stereocenters. The van der Waals surface area contributed by atoms with Gasteiger partial charge in [0, 0.05) is 5.57 Å². The maximum absolute atomic E-state index is 10.7. The first-order chi connectivity index (χ1) is 5.65. The van der Waals surface area contributed by atoms with Crippen molar-refractivity contribution in [2.45, 2.75) is 13.3 Å². The van der Waals surface area contributed by atoms with Gasteiger partial charge in [-0.3, -0.25) is 4.79 Å². The van der Waals surface area contributed by atoms with Gasteiger partial charge >= 0.3 is 0 Å². The van der Waals surface area contributed by atoms with E-state index in [9.17, 15) is 14.7 Å². The molecular formula is C7H8NO3S-. The van der Waals surface area contributed by atoms with Gasteiger partial charge in [0.2, 0.25) is 5.91 Å². The Morgan fingerprint density at radius 1 is 1.75 bits per heavy atom. The highest BCUT2D eigenvalue weighted by Crippen LogP contribution is 2.23. The van der Waals surface area contributed by atoms with Crippen molar-refractivity contribution in [3.8, 4) is 0 Å². The Kier molecular flexibility index (Phi) is 2.75. The standard InChI is InChI=1S/C7H9NO3S/c1-2-4(7(10)11)6-8-5(9)3-12-6/h2-3H2,1H3,(H,8,9)(H,10,11)/p-1. The van der Waals surface area contributed by atoms with Crippen LogP contribution in [0.25, 0.3) is 0 Å². The van der Waals surface area contributed by atoms with Gasteiger partial charge in [-0.25, -0.2) is 0 Å². The highest BCUT2D eigenvalue weighted by Gasteiger charge is 2.18. The van der Waals surface area contributed by atoms with E-state index in [4.69, 9.17) is 0 Å². The van der Waals surface area contributed by atoms with Gasteiger partial charge in [0.25, 0.3) is 0 Å². The summed E-state index contributed by atoms with van der Waals surface area (Å²) in [6, 6.07) is 0. The van der Waals surface area contributed by atoms with E-state index < -0.39 is 5.97 Å². The van der Waals surface area contributed by atoms with E-state index in [-0.39, 0.29) is 11.5 Å². The van der Waals surface area contributed by atoms with Crippen LogP contribution in [0.15, 0.2) is 10.6 Å². The van der Waals surface area contributed by atoms with Gasteiger partial charge in [0.05, 0.1) is 16.8 Å². The van der Waals surface area contributed by atoms with Crippen LogP contribution in [-0.2, 0) is 9.59 Å². The summed E-state index contributed by atoms with van der Waals surface area (Å²) in [5.41, 5.74) is 0.172. The molecule has 0 radical (unpaired) electrons. The van der Waals surface area contributed by atoms with Gasteiger partial charge in [-0.1, -0.05) is 18.7 Å². The lowest BCUT2D eigenvalue weighted by molar-refractivity contribution is -0.299. The molecule has 1 aliphatic heterocycles. The van der Waals surface area contributed by atoms with Crippen LogP contribution in [0.1, 0.15) is 13.3 Å². The number of hydrogen-bond donors (Lipinski definition) is 1. The van der Waals surface area contributed by atoms with Gasteiger partial charge in [-0.15, -0.1) is 0 Å². The smallest absolute Gasteiger partial charge is 0.235 e. The zero-order valence-electron chi connectivity index (χ0n) is 6.55. The van der Waals surface area contributed by atoms with E-state index in [2.05, 4.69) is 5.32 Å². The lowest BCUT2D eigenvalue weighted by Gasteiger charge is -2.08. The largest absolute Gasteiger partial charge is 0.545 e. The number of carboxylic acids is 1. The van der Waals surface area contributed by atoms with Gasteiger partial charge < -0.3 is 15.2 Å². The quantitative estimate of drug-likeness (QED) is 0.574. The predicted molar refractivity (Wildman–Crippen MR) is 42.9 cm³/mol. The molecule has 0 aromatic carbocycles. The van der Waals surface area contributed by atoms with Crippen LogP contribution in [-0.4, -0.2) is 17.6 Å². The van der Waals surface area contributed by atoms with Crippen LogP contribution < -0.4 is 10.4 Å². The average molecular weight is 186 g/mol. The molecule has 0 aromatic rings. The van der Waals surface area contributed by atoms with E-state index in [1.165, 1.54) is 11.8 Å². The molecule has 1 fully saturated rings. The lowest BCUT2D eigenvalue weighted by Crippen LogP contribution is -2.27. The summed E-state index contributed by atoms with van der Waals surface area (Å²) < 4.78 is 0.